The van der Waals surface area contributed by atoms with Gasteiger partial charge in [0.25, 0.3) is 0 Å². The highest BCUT2D eigenvalue weighted by atomic mass is 35.5. The zero-order chi connectivity index (χ0) is 15.8. The van der Waals surface area contributed by atoms with Gasteiger partial charge < -0.3 is 15.5 Å². The number of piperazine rings is 1. The van der Waals surface area contributed by atoms with Crippen LogP contribution in [0.1, 0.15) is 53.4 Å². The molecule has 2 atom stereocenters. The summed E-state index contributed by atoms with van der Waals surface area (Å²) in [6.07, 6.45) is 3.66. The Labute approximate surface area is 140 Å². The van der Waals surface area contributed by atoms with Gasteiger partial charge in [0.05, 0.1) is 12.1 Å². The zero-order valence-corrected chi connectivity index (χ0v) is 15.0. The van der Waals surface area contributed by atoms with Crippen molar-refractivity contribution in [2.24, 2.45) is 11.7 Å². The maximum absolute atomic E-state index is 12.5. The maximum Gasteiger partial charge on any atom is 0.242 e. The van der Waals surface area contributed by atoms with Crippen LogP contribution in [0.5, 0.6) is 0 Å². The molecule has 2 fully saturated rings. The first-order chi connectivity index (χ1) is 9.72. The zero-order valence-electron chi connectivity index (χ0n) is 14.2. The fourth-order valence-corrected chi connectivity index (χ4v) is 4.01. The third kappa shape index (κ3) is 3.93. The first kappa shape index (κ1) is 19.2. The van der Waals surface area contributed by atoms with Gasteiger partial charge in [-0.3, -0.25) is 9.59 Å². The molecule has 1 saturated carbocycles. The summed E-state index contributed by atoms with van der Waals surface area (Å²) in [5, 5.41) is 0. The molecule has 0 bridgehead atoms. The molecule has 1 aliphatic heterocycles. The molecule has 0 unspecified atom stereocenters. The monoisotopic (exact) mass is 331 g/mol. The minimum absolute atomic E-state index is 0. The second-order valence-electron chi connectivity index (χ2n) is 7.48. The molecule has 5 nitrogen and oxygen atoms in total. The van der Waals surface area contributed by atoms with E-state index in [0.717, 1.165) is 19.3 Å². The molecule has 1 heterocycles. The predicted octanol–water partition coefficient (Wildman–Crippen LogP) is 1.78. The van der Waals surface area contributed by atoms with Crippen LogP contribution in [0.3, 0.4) is 0 Å². The molecule has 22 heavy (non-hydrogen) atoms. The van der Waals surface area contributed by atoms with Crippen molar-refractivity contribution in [3.05, 3.63) is 0 Å². The van der Waals surface area contributed by atoms with Crippen molar-refractivity contribution in [2.45, 2.75) is 71.0 Å². The topological polar surface area (TPSA) is 66.6 Å². The normalized spacial score (nSPS) is 28.0. The molecule has 0 spiro atoms. The highest BCUT2D eigenvalue weighted by molar-refractivity contribution is 5.87. The summed E-state index contributed by atoms with van der Waals surface area (Å²) < 4.78 is 0. The number of hydrogen-bond acceptors (Lipinski definition) is 3. The first-order valence-corrected chi connectivity index (χ1v) is 8.08. The Hall–Kier alpha value is -0.810. The van der Waals surface area contributed by atoms with Crippen LogP contribution in [0.4, 0.5) is 0 Å². The molecule has 2 amide bonds. The van der Waals surface area contributed by atoms with Crippen molar-refractivity contribution in [3.8, 4) is 0 Å². The summed E-state index contributed by atoms with van der Waals surface area (Å²) in [5.74, 6) is 0.423. The number of amides is 2. The highest BCUT2D eigenvalue weighted by Crippen LogP contribution is 2.29. The van der Waals surface area contributed by atoms with Crippen LogP contribution in [0.25, 0.3) is 0 Å². The number of nitrogens with two attached hydrogens (primary N) is 1. The molecule has 2 rings (SSSR count). The van der Waals surface area contributed by atoms with Crippen molar-refractivity contribution in [1.82, 2.24) is 9.80 Å². The molecule has 6 heteroatoms. The second-order valence-corrected chi connectivity index (χ2v) is 7.48. The van der Waals surface area contributed by atoms with Gasteiger partial charge in [0.2, 0.25) is 11.8 Å². The third-order valence-corrected chi connectivity index (χ3v) is 4.85. The molecule has 0 aromatic heterocycles. The number of hydrogen-bond donors (Lipinski definition) is 1. The molecule has 2 aliphatic rings. The maximum atomic E-state index is 12.5. The van der Waals surface area contributed by atoms with Crippen molar-refractivity contribution < 1.29 is 9.59 Å². The second kappa shape index (κ2) is 7.18. The van der Waals surface area contributed by atoms with E-state index >= 15 is 0 Å². The average molecular weight is 332 g/mol. The van der Waals surface area contributed by atoms with E-state index in [1.165, 1.54) is 0 Å². The van der Waals surface area contributed by atoms with E-state index < -0.39 is 0 Å². The molecule has 1 saturated heterocycles. The Balaban J connectivity index is 0.00000242. The van der Waals surface area contributed by atoms with Gasteiger partial charge in [-0.1, -0.05) is 6.42 Å². The molecule has 0 aromatic carbocycles. The van der Waals surface area contributed by atoms with Crippen LogP contribution in [0.15, 0.2) is 0 Å². The van der Waals surface area contributed by atoms with Gasteiger partial charge in [0.15, 0.2) is 0 Å². The Morgan fingerprint density at radius 1 is 1.36 bits per heavy atom. The van der Waals surface area contributed by atoms with E-state index in [-0.39, 0.29) is 48.4 Å². The summed E-state index contributed by atoms with van der Waals surface area (Å²) in [5.41, 5.74) is 5.74. The van der Waals surface area contributed by atoms with Crippen LogP contribution in [0, 0.1) is 5.92 Å². The largest absolute Gasteiger partial charge is 0.332 e. The van der Waals surface area contributed by atoms with E-state index in [0.29, 0.717) is 18.9 Å². The minimum atomic E-state index is -0.309. The van der Waals surface area contributed by atoms with Crippen LogP contribution in [0.2, 0.25) is 0 Å². The summed E-state index contributed by atoms with van der Waals surface area (Å²) >= 11 is 0. The average Bonchev–Trinajstić information content (AvgIpc) is 2.72. The van der Waals surface area contributed by atoms with Gasteiger partial charge in [-0.25, -0.2) is 0 Å². The Bertz CT molecular complexity index is 426. The summed E-state index contributed by atoms with van der Waals surface area (Å²) in [6, 6.07) is 0.308. The first-order valence-electron chi connectivity index (χ1n) is 8.08. The van der Waals surface area contributed by atoms with Gasteiger partial charge in [-0.2, -0.15) is 0 Å². The summed E-state index contributed by atoms with van der Waals surface area (Å²) in [6.45, 7) is 8.93. The SMILES string of the molecule is CC(C)N1C(=O)CN(C(=O)C[C@@H]2CCC[C@H]2N)CC1(C)C.Cl. The lowest BCUT2D eigenvalue weighted by molar-refractivity contribution is -0.156. The summed E-state index contributed by atoms with van der Waals surface area (Å²) in [7, 11) is 0. The van der Waals surface area contributed by atoms with Crippen LogP contribution in [-0.2, 0) is 9.59 Å². The van der Waals surface area contributed by atoms with E-state index in [1.54, 1.807) is 4.90 Å². The molecule has 0 aromatic rings. The lowest BCUT2D eigenvalue weighted by atomic mass is 9.94. The molecular formula is C16H30ClN3O2. The highest BCUT2D eigenvalue weighted by Gasteiger charge is 2.41. The van der Waals surface area contributed by atoms with E-state index in [2.05, 4.69) is 0 Å². The van der Waals surface area contributed by atoms with Gasteiger partial charge in [0, 0.05) is 25.0 Å². The molecular weight excluding hydrogens is 302 g/mol. The minimum Gasteiger partial charge on any atom is -0.332 e. The fraction of sp³-hybridized carbons (Fsp3) is 0.875. The van der Waals surface area contributed by atoms with E-state index in [9.17, 15) is 9.59 Å². The lowest BCUT2D eigenvalue weighted by Crippen LogP contribution is -2.65. The molecule has 128 valence electrons. The van der Waals surface area contributed by atoms with Gasteiger partial charge in [-0.15, -0.1) is 12.4 Å². The smallest absolute Gasteiger partial charge is 0.242 e. The third-order valence-electron chi connectivity index (χ3n) is 4.85. The van der Waals surface area contributed by atoms with Crippen LogP contribution < -0.4 is 5.73 Å². The van der Waals surface area contributed by atoms with Gasteiger partial charge in [0.1, 0.15) is 0 Å². The Morgan fingerprint density at radius 2 is 2.00 bits per heavy atom. The number of rotatable bonds is 3. The number of nitrogens with zero attached hydrogens (tertiary/aromatic N) is 2. The number of halogens is 1. The predicted molar refractivity (Wildman–Crippen MR) is 89.8 cm³/mol. The quantitative estimate of drug-likeness (QED) is 0.857. The van der Waals surface area contributed by atoms with E-state index in [1.807, 2.05) is 32.6 Å². The molecule has 2 N–H and O–H groups in total. The van der Waals surface area contributed by atoms with Crippen LogP contribution in [-0.4, -0.2) is 52.3 Å². The molecule has 1 aliphatic carbocycles. The van der Waals surface area contributed by atoms with Crippen molar-refractivity contribution in [2.75, 3.05) is 13.1 Å². The molecule has 0 radical (unpaired) electrons. The van der Waals surface area contributed by atoms with Gasteiger partial charge in [-0.05, 0) is 46.5 Å². The Kier molecular flexibility index (Phi) is 6.27. The lowest BCUT2D eigenvalue weighted by Gasteiger charge is -2.49. The van der Waals surface area contributed by atoms with Gasteiger partial charge >= 0.3 is 0 Å². The summed E-state index contributed by atoms with van der Waals surface area (Å²) in [4.78, 5) is 28.5. The van der Waals surface area contributed by atoms with E-state index in [4.69, 9.17) is 5.73 Å². The fourth-order valence-electron chi connectivity index (χ4n) is 4.01. The van der Waals surface area contributed by atoms with Crippen LogP contribution >= 0.6 is 12.4 Å². The number of carbonyl (C=O) groups is 2. The van der Waals surface area contributed by atoms with Crippen molar-refractivity contribution in [3.63, 3.8) is 0 Å². The number of carbonyl (C=O) groups excluding carboxylic acids is 2. The van der Waals surface area contributed by atoms with Crippen molar-refractivity contribution in [1.29, 1.82) is 0 Å². The standard InChI is InChI=1S/C16H29N3O2.ClH/c1-11(2)19-15(21)9-18(10-16(19,3)4)14(20)8-12-6-5-7-13(12)17;/h11-13H,5-10,17H2,1-4H3;1H/t12-,13+;/m0./s1. The van der Waals surface area contributed by atoms with Crippen molar-refractivity contribution >= 4 is 24.2 Å². The Morgan fingerprint density at radius 3 is 2.45 bits per heavy atom.